The highest BCUT2D eigenvalue weighted by Gasteiger charge is 2.26. The van der Waals surface area contributed by atoms with E-state index in [-0.39, 0.29) is 6.10 Å². The molecule has 2 aliphatic rings. The molecule has 1 N–H and O–H groups in total. The Labute approximate surface area is 107 Å². The molecule has 0 amide bonds. The first kappa shape index (κ1) is 11.6. The molecule has 1 aromatic carbocycles. The fraction of sp³-hybridized carbons (Fsp3) is 0.571. The second-order valence-corrected chi connectivity index (χ2v) is 6.16. The summed E-state index contributed by atoms with van der Waals surface area (Å²) in [5.41, 5.74) is 1.51. The molecule has 2 atom stereocenters. The van der Waals surface area contributed by atoms with Gasteiger partial charge in [-0.3, -0.25) is 0 Å². The van der Waals surface area contributed by atoms with Gasteiger partial charge < -0.3 is 10.0 Å². The predicted molar refractivity (Wildman–Crippen MR) is 71.6 cm³/mol. The van der Waals surface area contributed by atoms with Gasteiger partial charge in [0.1, 0.15) is 0 Å². The lowest BCUT2D eigenvalue weighted by Crippen LogP contribution is -2.40. The van der Waals surface area contributed by atoms with Gasteiger partial charge in [0, 0.05) is 29.7 Å². The van der Waals surface area contributed by atoms with Crippen LogP contribution in [0.3, 0.4) is 0 Å². The summed E-state index contributed by atoms with van der Waals surface area (Å²) >= 11 is 1.98. The van der Waals surface area contributed by atoms with Crippen LogP contribution in [0.4, 0.5) is 0 Å². The highest BCUT2D eigenvalue weighted by molar-refractivity contribution is 7.99. The number of thioether (sulfide) groups is 1. The van der Waals surface area contributed by atoms with E-state index in [0.29, 0.717) is 5.92 Å². The summed E-state index contributed by atoms with van der Waals surface area (Å²) in [6.07, 6.45) is 2.02. The molecule has 1 fully saturated rings. The van der Waals surface area contributed by atoms with Crippen molar-refractivity contribution < 1.29 is 5.11 Å². The largest absolute Gasteiger partial charge is 0.392 e. The van der Waals surface area contributed by atoms with Crippen LogP contribution >= 0.6 is 11.8 Å². The van der Waals surface area contributed by atoms with Gasteiger partial charge in [0.15, 0.2) is 0 Å². The molecule has 0 aliphatic carbocycles. The number of aliphatic hydroxyl groups is 1. The average Bonchev–Trinajstić information content (AvgIpc) is 2.73. The summed E-state index contributed by atoms with van der Waals surface area (Å²) in [5.74, 6) is 1.85. The molecule has 92 valence electrons. The number of fused-ring (bicyclic) bond motifs is 1. The van der Waals surface area contributed by atoms with Gasteiger partial charge in [0.2, 0.25) is 0 Å². The number of piperidine rings is 1. The van der Waals surface area contributed by atoms with Crippen molar-refractivity contribution >= 4 is 11.8 Å². The minimum atomic E-state index is -0.104. The minimum Gasteiger partial charge on any atom is -0.392 e. The molecule has 2 unspecified atom stereocenters. The lowest BCUT2D eigenvalue weighted by molar-refractivity contribution is 0.0684. The third-order valence-electron chi connectivity index (χ3n) is 3.76. The molecule has 0 aromatic heterocycles. The lowest BCUT2D eigenvalue weighted by atomic mass is 9.99. The smallest absolute Gasteiger partial charge is 0.0667 e. The van der Waals surface area contributed by atoms with Crippen LogP contribution in [0.15, 0.2) is 29.2 Å². The van der Waals surface area contributed by atoms with E-state index in [1.165, 1.54) is 16.2 Å². The molecule has 17 heavy (non-hydrogen) atoms. The van der Waals surface area contributed by atoms with Crippen LogP contribution in [0.5, 0.6) is 0 Å². The number of aliphatic hydroxyl groups excluding tert-OH is 1. The molecule has 3 rings (SSSR count). The second-order valence-electron chi connectivity index (χ2n) is 5.10. The summed E-state index contributed by atoms with van der Waals surface area (Å²) in [6.45, 7) is 3.13. The van der Waals surface area contributed by atoms with E-state index in [9.17, 15) is 5.11 Å². The van der Waals surface area contributed by atoms with E-state index < -0.39 is 0 Å². The summed E-state index contributed by atoms with van der Waals surface area (Å²) in [6, 6.07) is 8.76. The van der Waals surface area contributed by atoms with Gasteiger partial charge in [0.05, 0.1) is 6.10 Å². The molecule has 0 spiro atoms. The van der Waals surface area contributed by atoms with Crippen molar-refractivity contribution in [2.75, 3.05) is 25.4 Å². The van der Waals surface area contributed by atoms with Crippen molar-refractivity contribution in [3.63, 3.8) is 0 Å². The highest BCUT2D eigenvalue weighted by Crippen LogP contribution is 2.39. The fourth-order valence-corrected chi connectivity index (χ4v) is 4.13. The number of benzene rings is 1. The number of hydrogen-bond acceptors (Lipinski definition) is 3. The van der Waals surface area contributed by atoms with E-state index in [4.69, 9.17) is 0 Å². The monoisotopic (exact) mass is 249 g/mol. The van der Waals surface area contributed by atoms with Gasteiger partial charge in [-0.2, -0.15) is 0 Å². The van der Waals surface area contributed by atoms with E-state index in [1.807, 2.05) is 11.8 Å². The Morgan fingerprint density at radius 3 is 3.12 bits per heavy atom. The van der Waals surface area contributed by atoms with Crippen LogP contribution in [0.2, 0.25) is 0 Å². The van der Waals surface area contributed by atoms with Crippen LogP contribution < -0.4 is 0 Å². The summed E-state index contributed by atoms with van der Waals surface area (Å²) in [7, 11) is 0. The van der Waals surface area contributed by atoms with Crippen LogP contribution in [-0.4, -0.2) is 41.5 Å². The molecule has 2 nitrogen and oxygen atoms in total. The van der Waals surface area contributed by atoms with Crippen molar-refractivity contribution in [2.45, 2.75) is 29.8 Å². The number of β-amino-alcohol motifs (C(OH)–C–C–N with tert-alkyl or cyclic N) is 1. The maximum Gasteiger partial charge on any atom is 0.0667 e. The average molecular weight is 249 g/mol. The van der Waals surface area contributed by atoms with Crippen LogP contribution in [0.1, 0.15) is 24.3 Å². The topological polar surface area (TPSA) is 23.5 Å². The summed E-state index contributed by atoms with van der Waals surface area (Å²) in [5, 5.41) is 9.70. The Hall–Kier alpha value is -0.510. The van der Waals surface area contributed by atoms with Crippen LogP contribution in [0, 0.1) is 0 Å². The van der Waals surface area contributed by atoms with E-state index in [1.54, 1.807) is 0 Å². The molecule has 2 heterocycles. The van der Waals surface area contributed by atoms with Crippen molar-refractivity contribution in [3.8, 4) is 0 Å². The zero-order valence-corrected chi connectivity index (χ0v) is 10.8. The van der Waals surface area contributed by atoms with Crippen molar-refractivity contribution in [1.82, 2.24) is 4.90 Å². The van der Waals surface area contributed by atoms with Crippen molar-refractivity contribution in [2.24, 2.45) is 0 Å². The predicted octanol–water partition coefficient (Wildman–Crippen LogP) is 2.33. The Kier molecular flexibility index (Phi) is 3.41. The first-order valence-corrected chi connectivity index (χ1v) is 7.43. The number of hydrogen-bond donors (Lipinski definition) is 1. The van der Waals surface area contributed by atoms with Crippen molar-refractivity contribution in [1.29, 1.82) is 0 Å². The Morgan fingerprint density at radius 1 is 1.35 bits per heavy atom. The molecule has 0 saturated carbocycles. The highest BCUT2D eigenvalue weighted by atomic mass is 32.2. The quantitative estimate of drug-likeness (QED) is 0.870. The standard InChI is InChI=1S/C14H19NOS/c16-12-4-3-7-15(9-12)8-11-10-17-14-6-2-1-5-13(11)14/h1-2,5-6,11-12,16H,3-4,7-10H2. The van der Waals surface area contributed by atoms with Gasteiger partial charge in [-0.15, -0.1) is 11.8 Å². The van der Waals surface area contributed by atoms with Gasteiger partial charge in [-0.25, -0.2) is 0 Å². The molecule has 1 saturated heterocycles. The number of rotatable bonds is 2. The molecule has 0 bridgehead atoms. The number of nitrogens with zero attached hydrogens (tertiary/aromatic N) is 1. The fourth-order valence-electron chi connectivity index (χ4n) is 2.89. The maximum absolute atomic E-state index is 9.70. The van der Waals surface area contributed by atoms with Gasteiger partial charge >= 0.3 is 0 Å². The Balaban J connectivity index is 1.67. The van der Waals surface area contributed by atoms with Gasteiger partial charge in [-0.05, 0) is 31.0 Å². The Morgan fingerprint density at radius 2 is 2.24 bits per heavy atom. The third kappa shape index (κ3) is 2.51. The zero-order chi connectivity index (χ0) is 11.7. The van der Waals surface area contributed by atoms with E-state index in [0.717, 1.165) is 32.5 Å². The zero-order valence-electron chi connectivity index (χ0n) is 10.0. The molecule has 0 radical (unpaired) electrons. The normalized spacial score (nSPS) is 29.2. The van der Waals surface area contributed by atoms with E-state index in [2.05, 4.69) is 29.2 Å². The number of likely N-dealkylation sites (tertiary alicyclic amines) is 1. The molecular formula is C14H19NOS. The van der Waals surface area contributed by atoms with Crippen LogP contribution in [0.25, 0.3) is 0 Å². The molecule has 3 heteroatoms. The van der Waals surface area contributed by atoms with Crippen LogP contribution in [-0.2, 0) is 0 Å². The first-order chi connectivity index (χ1) is 8.33. The third-order valence-corrected chi connectivity index (χ3v) is 5.01. The maximum atomic E-state index is 9.70. The van der Waals surface area contributed by atoms with Gasteiger partial charge in [-0.1, -0.05) is 18.2 Å². The SMILES string of the molecule is OC1CCCN(CC2CSc3ccccc32)C1. The Bertz CT molecular complexity index is 396. The summed E-state index contributed by atoms with van der Waals surface area (Å²) in [4.78, 5) is 3.89. The van der Waals surface area contributed by atoms with E-state index >= 15 is 0 Å². The lowest BCUT2D eigenvalue weighted by Gasteiger charge is -2.31. The molecular weight excluding hydrogens is 230 g/mol. The first-order valence-electron chi connectivity index (χ1n) is 6.45. The molecule has 1 aromatic rings. The molecule has 2 aliphatic heterocycles. The van der Waals surface area contributed by atoms with Gasteiger partial charge in [0.25, 0.3) is 0 Å². The minimum absolute atomic E-state index is 0.104. The van der Waals surface area contributed by atoms with Crippen molar-refractivity contribution in [3.05, 3.63) is 29.8 Å². The summed E-state index contributed by atoms with van der Waals surface area (Å²) < 4.78 is 0. The second kappa shape index (κ2) is 5.01.